The molecule has 1 amide bonds. The molecule has 1 aromatic carbocycles. The van der Waals surface area contributed by atoms with Crippen LogP contribution in [-0.2, 0) is 11.2 Å². The largest absolute Gasteiger partial charge is 0.444 e. The van der Waals surface area contributed by atoms with E-state index < -0.39 is 11.7 Å². The third kappa shape index (κ3) is 5.90. The number of alkyl carbamates (subject to hydrolysis) is 1. The van der Waals surface area contributed by atoms with Crippen LogP contribution in [0.25, 0.3) is 0 Å². The second-order valence-electron chi connectivity index (χ2n) is 5.29. The van der Waals surface area contributed by atoms with Gasteiger partial charge < -0.3 is 15.8 Å². The zero-order valence-electron chi connectivity index (χ0n) is 11.6. The van der Waals surface area contributed by atoms with Gasteiger partial charge in [0, 0.05) is 12.1 Å². The number of nitrogens with two attached hydrogens (primary N) is 1. The summed E-state index contributed by atoms with van der Waals surface area (Å²) in [6.07, 6.45) is 0.296. The fourth-order valence-corrected chi connectivity index (χ4v) is 1.47. The van der Waals surface area contributed by atoms with Gasteiger partial charge in [-0.15, -0.1) is 0 Å². The molecule has 0 unspecified atom stereocenters. The highest BCUT2D eigenvalue weighted by molar-refractivity contribution is 5.94. The summed E-state index contributed by atoms with van der Waals surface area (Å²) in [5.74, 6) is 0.0541. The first-order valence-corrected chi connectivity index (χ1v) is 6.18. The number of hydrogen-bond donors (Lipinski definition) is 3. The van der Waals surface area contributed by atoms with Crippen molar-refractivity contribution in [3.8, 4) is 0 Å². The van der Waals surface area contributed by atoms with E-state index in [9.17, 15) is 4.79 Å². The summed E-state index contributed by atoms with van der Waals surface area (Å²) in [6, 6.07) is 7.39. The first-order chi connectivity index (χ1) is 8.78. The van der Waals surface area contributed by atoms with Crippen molar-refractivity contribution in [1.29, 1.82) is 5.41 Å². The van der Waals surface area contributed by atoms with Crippen molar-refractivity contribution in [2.75, 3.05) is 6.54 Å². The average Bonchev–Trinajstić information content (AvgIpc) is 2.27. The molecule has 1 rings (SSSR count). The van der Waals surface area contributed by atoms with Gasteiger partial charge in [0.15, 0.2) is 0 Å². The molecule has 19 heavy (non-hydrogen) atoms. The maximum atomic E-state index is 11.4. The lowest BCUT2D eigenvalue weighted by Crippen LogP contribution is -2.33. The Morgan fingerprint density at radius 3 is 2.37 bits per heavy atom. The molecule has 5 nitrogen and oxygen atoms in total. The Labute approximate surface area is 113 Å². The maximum absolute atomic E-state index is 11.4. The number of carbonyl (C=O) groups excluding carboxylic acids is 1. The molecular weight excluding hydrogens is 242 g/mol. The predicted molar refractivity (Wildman–Crippen MR) is 75.4 cm³/mol. The molecular formula is C14H21N3O2. The summed E-state index contributed by atoms with van der Waals surface area (Å²) < 4.78 is 5.13. The fraction of sp³-hybridized carbons (Fsp3) is 0.429. The van der Waals surface area contributed by atoms with E-state index in [1.807, 2.05) is 32.9 Å². The minimum atomic E-state index is -0.479. The van der Waals surface area contributed by atoms with Gasteiger partial charge in [0.2, 0.25) is 0 Å². The second kappa shape index (κ2) is 6.22. The Hall–Kier alpha value is -2.04. The van der Waals surface area contributed by atoms with Gasteiger partial charge in [-0.05, 0) is 32.8 Å². The number of nitrogen functional groups attached to an aromatic ring is 1. The Morgan fingerprint density at radius 1 is 1.32 bits per heavy atom. The number of rotatable bonds is 4. The minimum Gasteiger partial charge on any atom is -0.444 e. The van der Waals surface area contributed by atoms with Crippen molar-refractivity contribution < 1.29 is 9.53 Å². The van der Waals surface area contributed by atoms with Gasteiger partial charge in [-0.2, -0.15) is 0 Å². The highest BCUT2D eigenvalue weighted by atomic mass is 16.6. The van der Waals surface area contributed by atoms with Crippen LogP contribution in [0.1, 0.15) is 31.9 Å². The quantitative estimate of drug-likeness (QED) is 0.573. The third-order valence-corrected chi connectivity index (χ3v) is 2.35. The van der Waals surface area contributed by atoms with Crippen molar-refractivity contribution in [2.45, 2.75) is 32.8 Å². The molecule has 0 aliphatic heterocycles. The highest BCUT2D eigenvalue weighted by Crippen LogP contribution is 2.07. The van der Waals surface area contributed by atoms with Crippen LogP contribution in [0.3, 0.4) is 0 Å². The van der Waals surface area contributed by atoms with Gasteiger partial charge in [0.25, 0.3) is 0 Å². The van der Waals surface area contributed by atoms with E-state index in [0.29, 0.717) is 18.5 Å². The normalized spacial score (nSPS) is 10.9. The molecule has 5 heteroatoms. The van der Waals surface area contributed by atoms with Gasteiger partial charge in [0.05, 0.1) is 0 Å². The summed E-state index contributed by atoms with van der Waals surface area (Å²) in [4.78, 5) is 11.4. The first-order valence-electron chi connectivity index (χ1n) is 6.18. The Morgan fingerprint density at radius 2 is 1.89 bits per heavy atom. The summed E-state index contributed by atoms with van der Waals surface area (Å²) in [5.41, 5.74) is 6.66. The number of amides is 1. The van der Waals surface area contributed by atoms with Crippen molar-refractivity contribution in [3.63, 3.8) is 0 Å². The smallest absolute Gasteiger partial charge is 0.407 e. The molecule has 0 bridgehead atoms. The van der Waals surface area contributed by atoms with Gasteiger partial charge in [-0.1, -0.05) is 24.3 Å². The topological polar surface area (TPSA) is 88.2 Å². The van der Waals surface area contributed by atoms with E-state index >= 15 is 0 Å². The van der Waals surface area contributed by atoms with Gasteiger partial charge in [-0.3, -0.25) is 5.41 Å². The van der Waals surface area contributed by atoms with Gasteiger partial charge in [-0.25, -0.2) is 4.79 Å². The van der Waals surface area contributed by atoms with Crippen LogP contribution in [0.15, 0.2) is 24.3 Å². The van der Waals surface area contributed by atoms with Crippen LogP contribution in [0.4, 0.5) is 4.79 Å². The summed E-state index contributed by atoms with van der Waals surface area (Å²) >= 11 is 0. The minimum absolute atomic E-state index is 0.0541. The number of carbonyl (C=O) groups is 1. The summed E-state index contributed by atoms with van der Waals surface area (Å²) in [6.45, 7) is 5.99. The van der Waals surface area contributed by atoms with Gasteiger partial charge >= 0.3 is 6.09 Å². The maximum Gasteiger partial charge on any atom is 0.407 e. The lowest BCUT2D eigenvalue weighted by atomic mass is 10.1. The Bertz CT molecular complexity index is 447. The Kier molecular flexibility index (Phi) is 4.92. The SMILES string of the molecule is CC(C)(C)OC(=O)NCCc1ccc(C(=N)N)cc1. The van der Waals surface area contributed by atoms with Crippen molar-refractivity contribution >= 4 is 11.9 Å². The van der Waals surface area contributed by atoms with E-state index in [2.05, 4.69) is 5.32 Å². The molecule has 0 aliphatic rings. The van der Waals surface area contributed by atoms with Crippen molar-refractivity contribution in [1.82, 2.24) is 5.32 Å². The average molecular weight is 263 g/mol. The zero-order chi connectivity index (χ0) is 14.5. The number of ether oxygens (including phenoxy) is 1. The lowest BCUT2D eigenvalue weighted by Gasteiger charge is -2.19. The second-order valence-corrected chi connectivity index (χ2v) is 5.29. The van der Waals surface area contributed by atoms with Crippen LogP contribution in [0, 0.1) is 5.41 Å². The molecule has 0 saturated heterocycles. The molecule has 1 aromatic rings. The van der Waals surface area contributed by atoms with E-state index in [4.69, 9.17) is 15.9 Å². The monoisotopic (exact) mass is 263 g/mol. The molecule has 0 fully saturated rings. The molecule has 104 valence electrons. The highest BCUT2D eigenvalue weighted by Gasteiger charge is 2.15. The molecule has 0 aliphatic carbocycles. The number of hydrogen-bond acceptors (Lipinski definition) is 3. The number of benzene rings is 1. The molecule has 0 heterocycles. The molecule has 0 aromatic heterocycles. The molecule has 0 radical (unpaired) electrons. The predicted octanol–water partition coefficient (Wildman–Crippen LogP) is 2.04. The van der Waals surface area contributed by atoms with Crippen LogP contribution < -0.4 is 11.1 Å². The van der Waals surface area contributed by atoms with Crippen LogP contribution >= 0.6 is 0 Å². The Balaban J connectivity index is 2.37. The zero-order valence-corrected chi connectivity index (χ0v) is 11.6. The van der Waals surface area contributed by atoms with Crippen LogP contribution in [0.5, 0.6) is 0 Å². The molecule has 0 atom stereocenters. The van der Waals surface area contributed by atoms with Crippen molar-refractivity contribution in [2.24, 2.45) is 5.73 Å². The van der Waals surface area contributed by atoms with E-state index in [0.717, 1.165) is 5.56 Å². The standard InChI is InChI=1S/C14H21N3O2/c1-14(2,3)19-13(18)17-9-8-10-4-6-11(7-5-10)12(15)16/h4-7H,8-9H2,1-3H3,(H3,15,16)(H,17,18). The lowest BCUT2D eigenvalue weighted by molar-refractivity contribution is 0.0528. The van der Waals surface area contributed by atoms with Crippen LogP contribution in [-0.4, -0.2) is 24.1 Å². The van der Waals surface area contributed by atoms with E-state index in [1.165, 1.54) is 0 Å². The molecule has 0 saturated carbocycles. The number of amidine groups is 1. The van der Waals surface area contributed by atoms with E-state index in [-0.39, 0.29) is 5.84 Å². The van der Waals surface area contributed by atoms with E-state index in [1.54, 1.807) is 12.1 Å². The first kappa shape index (κ1) is 15.0. The van der Waals surface area contributed by atoms with Gasteiger partial charge in [0.1, 0.15) is 11.4 Å². The third-order valence-electron chi connectivity index (χ3n) is 2.35. The summed E-state index contributed by atoms with van der Waals surface area (Å²) in [5, 5.41) is 9.98. The number of nitrogens with one attached hydrogen (secondary N) is 2. The van der Waals surface area contributed by atoms with Crippen molar-refractivity contribution in [3.05, 3.63) is 35.4 Å². The summed E-state index contributed by atoms with van der Waals surface area (Å²) in [7, 11) is 0. The fourth-order valence-electron chi connectivity index (χ4n) is 1.47. The molecule has 0 spiro atoms. The molecule has 4 N–H and O–H groups in total. The van der Waals surface area contributed by atoms with Crippen LogP contribution in [0.2, 0.25) is 0 Å².